The van der Waals surface area contributed by atoms with Gasteiger partial charge >= 0.3 is 12.0 Å². The van der Waals surface area contributed by atoms with Crippen LogP contribution in [0.2, 0.25) is 0 Å². The van der Waals surface area contributed by atoms with Crippen LogP contribution in [-0.2, 0) is 15.6 Å². The highest BCUT2D eigenvalue weighted by molar-refractivity contribution is 7.86. The number of rotatable bonds is 7. The lowest BCUT2D eigenvalue weighted by molar-refractivity contribution is -0.384. The molecule has 2 aliphatic rings. The number of nitrogens with one attached hydrogen (secondary N) is 2. The maximum absolute atomic E-state index is 12.1. The van der Waals surface area contributed by atoms with Crippen molar-refractivity contribution in [2.45, 2.75) is 43.0 Å². The van der Waals surface area contributed by atoms with Crippen molar-refractivity contribution in [2.24, 2.45) is 0 Å². The van der Waals surface area contributed by atoms with Gasteiger partial charge in [-0.25, -0.2) is 4.79 Å². The van der Waals surface area contributed by atoms with Crippen molar-refractivity contribution in [3.05, 3.63) is 34.4 Å². The SMILES string of the molecule is O=C1N[C@H]2C[S@](=O)C(CCCCC(=O)Oc3ccc([N+](=O)[O-])cc3)[C@H]2N1. The minimum atomic E-state index is -0.985. The van der Waals surface area contributed by atoms with Gasteiger partial charge in [-0.15, -0.1) is 0 Å². The summed E-state index contributed by atoms with van der Waals surface area (Å²) >= 11 is 0. The van der Waals surface area contributed by atoms with Crippen LogP contribution in [0.15, 0.2) is 24.3 Å². The van der Waals surface area contributed by atoms with E-state index in [1.807, 2.05) is 0 Å². The maximum Gasteiger partial charge on any atom is 0.315 e. The minimum absolute atomic E-state index is 0.0684. The molecule has 1 aromatic rings. The highest BCUT2D eigenvalue weighted by atomic mass is 32.2. The molecule has 1 unspecified atom stereocenters. The molecule has 0 bridgehead atoms. The molecule has 2 saturated heterocycles. The number of nitro groups is 1. The molecule has 26 heavy (non-hydrogen) atoms. The van der Waals surface area contributed by atoms with Crippen LogP contribution in [0.1, 0.15) is 25.7 Å². The van der Waals surface area contributed by atoms with Crippen molar-refractivity contribution in [1.82, 2.24) is 10.6 Å². The van der Waals surface area contributed by atoms with Crippen LogP contribution in [0.5, 0.6) is 5.75 Å². The fourth-order valence-corrected chi connectivity index (χ4v) is 5.16. The van der Waals surface area contributed by atoms with Gasteiger partial charge in [0.1, 0.15) is 5.75 Å². The van der Waals surface area contributed by atoms with Gasteiger partial charge in [-0.3, -0.25) is 19.1 Å². The molecule has 2 heterocycles. The van der Waals surface area contributed by atoms with E-state index in [4.69, 9.17) is 4.74 Å². The zero-order valence-electron chi connectivity index (χ0n) is 13.9. The first-order valence-electron chi connectivity index (χ1n) is 8.33. The smallest absolute Gasteiger partial charge is 0.315 e. The largest absolute Gasteiger partial charge is 0.427 e. The number of amides is 2. The van der Waals surface area contributed by atoms with E-state index in [9.17, 15) is 23.9 Å². The van der Waals surface area contributed by atoms with Crippen LogP contribution in [0.25, 0.3) is 0 Å². The standard InChI is InChI=1S/C16H19N3O6S/c20-14(25-11-7-5-10(6-8-11)19(22)23)4-2-1-3-13-15-12(9-26(13)24)17-16(21)18-15/h5-8,12-13,15H,1-4,9H2,(H2,17,18,21)/t12-,13?,15-,26-/m0/s1. The van der Waals surface area contributed by atoms with Crippen LogP contribution in [0.3, 0.4) is 0 Å². The molecule has 10 heteroatoms. The van der Waals surface area contributed by atoms with E-state index in [1.165, 1.54) is 24.3 Å². The van der Waals surface area contributed by atoms with Crippen molar-refractivity contribution < 1.29 is 23.5 Å². The molecule has 0 aromatic heterocycles. The monoisotopic (exact) mass is 381 g/mol. The zero-order chi connectivity index (χ0) is 18.7. The van der Waals surface area contributed by atoms with E-state index < -0.39 is 21.7 Å². The van der Waals surface area contributed by atoms with Gasteiger partial charge in [-0.2, -0.15) is 0 Å². The Morgan fingerprint density at radius 3 is 2.69 bits per heavy atom. The van der Waals surface area contributed by atoms with Crippen LogP contribution < -0.4 is 15.4 Å². The summed E-state index contributed by atoms with van der Waals surface area (Å²) in [4.78, 5) is 33.2. The fourth-order valence-electron chi connectivity index (χ4n) is 3.26. The summed E-state index contributed by atoms with van der Waals surface area (Å²) in [7, 11) is -0.985. The van der Waals surface area contributed by atoms with Gasteiger partial charge in [-0.05, 0) is 25.0 Å². The summed E-state index contributed by atoms with van der Waals surface area (Å²) in [6.07, 6.45) is 2.15. The van der Waals surface area contributed by atoms with Crippen molar-refractivity contribution in [1.29, 1.82) is 0 Å². The number of hydrogen-bond donors (Lipinski definition) is 2. The number of carbonyl (C=O) groups excluding carboxylic acids is 2. The van der Waals surface area contributed by atoms with Crippen LogP contribution in [0.4, 0.5) is 10.5 Å². The summed E-state index contributed by atoms with van der Waals surface area (Å²) in [5.41, 5.74) is -0.0684. The molecular formula is C16H19N3O6S. The third kappa shape index (κ3) is 4.18. The topological polar surface area (TPSA) is 128 Å². The van der Waals surface area contributed by atoms with Gasteiger partial charge in [0.15, 0.2) is 0 Å². The molecule has 9 nitrogen and oxygen atoms in total. The second-order valence-electron chi connectivity index (χ2n) is 6.31. The van der Waals surface area contributed by atoms with E-state index in [0.29, 0.717) is 25.0 Å². The first kappa shape index (κ1) is 18.3. The lowest BCUT2D eigenvalue weighted by Gasteiger charge is -2.15. The van der Waals surface area contributed by atoms with E-state index in [1.54, 1.807) is 0 Å². The number of fused-ring (bicyclic) bond motifs is 1. The Hall–Kier alpha value is -2.49. The zero-order valence-corrected chi connectivity index (χ0v) is 14.7. The molecule has 2 fully saturated rings. The van der Waals surface area contributed by atoms with E-state index in [0.717, 1.165) is 0 Å². The summed E-state index contributed by atoms with van der Waals surface area (Å²) in [6.45, 7) is 0. The summed E-state index contributed by atoms with van der Waals surface area (Å²) in [6, 6.07) is 4.93. The normalized spacial score (nSPS) is 26.7. The third-order valence-electron chi connectivity index (χ3n) is 4.53. The molecule has 140 valence electrons. The first-order valence-corrected chi connectivity index (χ1v) is 9.71. The first-order chi connectivity index (χ1) is 12.4. The maximum atomic E-state index is 12.1. The number of carbonyl (C=O) groups is 2. The van der Waals surface area contributed by atoms with Gasteiger partial charge in [-0.1, -0.05) is 6.42 Å². The molecule has 0 spiro atoms. The second kappa shape index (κ2) is 7.81. The van der Waals surface area contributed by atoms with Crippen molar-refractivity contribution in [3.8, 4) is 5.75 Å². The van der Waals surface area contributed by atoms with Crippen LogP contribution in [0, 0.1) is 10.1 Å². The Balaban J connectivity index is 1.39. The molecular weight excluding hydrogens is 362 g/mol. The van der Waals surface area contributed by atoms with Gasteiger partial charge < -0.3 is 15.4 Å². The molecule has 2 N–H and O–H groups in total. The lowest BCUT2D eigenvalue weighted by Crippen LogP contribution is -2.38. The molecule has 2 amide bonds. The third-order valence-corrected chi connectivity index (χ3v) is 6.42. The number of non-ortho nitro benzene ring substituents is 1. The number of benzene rings is 1. The number of esters is 1. The van der Waals surface area contributed by atoms with Gasteiger partial charge in [0, 0.05) is 35.1 Å². The summed E-state index contributed by atoms with van der Waals surface area (Å²) in [5, 5.41) is 16.1. The minimum Gasteiger partial charge on any atom is -0.427 e. The summed E-state index contributed by atoms with van der Waals surface area (Å²) < 4.78 is 17.3. The van der Waals surface area contributed by atoms with E-state index in [2.05, 4.69) is 10.6 Å². The quantitative estimate of drug-likeness (QED) is 0.183. The Morgan fingerprint density at radius 1 is 1.27 bits per heavy atom. The predicted octanol–water partition coefficient (Wildman–Crippen LogP) is 1.24. The van der Waals surface area contributed by atoms with Crippen molar-refractivity contribution >= 4 is 28.5 Å². The Morgan fingerprint density at radius 2 is 2.00 bits per heavy atom. The molecule has 3 rings (SSSR count). The van der Waals surface area contributed by atoms with E-state index >= 15 is 0 Å². The number of hydrogen-bond acceptors (Lipinski definition) is 6. The average molecular weight is 381 g/mol. The van der Waals surface area contributed by atoms with Crippen molar-refractivity contribution in [3.63, 3.8) is 0 Å². The highest BCUT2D eigenvalue weighted by Crippen LogP contribution is 2.26. The van der Waals surface area contributed by atoms with Gasteiger partial charge in [0.05, 0.1) is 22.3 Å². The molecule has 0 saturated carbocycles. The highest BCUT2D eigenvalue weighted by Gasteiger charge is 2.46. The molecule has 4 atom stereocenters. The molecule has 0 radical (unpaired) electrons. The van der Waals surface area contributed by atoms with Gasteiger partial charge in [0.25, 0.3) is 5.69 Å². The van der Waals surface area contributed by atoms with Crippen LogP contribution >= 0.6 is 0 Å². The number of unbranched alkanes of at least 4 members (excludes halogenated alkanes) is 1. The Labute approximate surface area is 152 Å². The predicted molar refractivity (Wildman–Crippen MR) is 93.2 cm³/mol. The number of ether oxygens (including phenoxy) is 1. The Bertz CT molecular complexity index is 738. The number of nitro benzene ring substituents is 1. The lowest BCUT2D eigenvalue weighted by atomic mass is 10.0. The van der Waals surface area contributed by atoms with E-state index in [-0.39, 0.29) is 41.2 Å². The Kier molecular flexibility index (Phi) is 5.50. The van der Waals surface area contributed by atoms with Crippen molar-refractivity contribution in [2.75, 3.05) is 5.75 Å². The summed E-state index contributed by atoms with van der Waals surface area (Å²) in [5.74, 6) is 0.316. The second-order valence-corrected chi connectivity index (χ2v) is 8.01. The number of urea groups is 1. The fraction of sp³-hybridized carbons (Fsp3) is 0.500. The number of nitrogens with zero attached hydrogens (tertiary/aromatic N) is 1. The molecule has 1 aromatic carbocycles. The van der Waals surface area contributed by atoms with Crippen LogP contribution in [-0.4, -0.2) is 44.2 Å². The average Bonchev–Trinajstić information content (AvgIpc) is 3.07. The molecule has 2 aliphatic heterocycles. The molecule has 0 aliphatic carbocycles. The van der Waals surface area contributed by atoms with Gasteiger partial charge in [0.2, 0.25) is 0 Å².